The standard InChI is InChI=1S/C15H25NO2/c1-11-9-14(13(3)18-11)12(2)16-10-15(4)5-7-17-8-6-15/h9,12,16H,5-8,10H2,1-4H3. The lowest BCUT2D eigenvalue weighted by molar-refractivity contribution is 0.0230. The van der Waals surface area contributed by atoms with E-state index in [1.807, 2.05) is 13.8 Å². The molecule has 0 saturated carbocycles. The molecule has 0 bridgehead atoms. The van der Waals surface area contributed by atoms with Gasteiger partial charge in [-0.25, -0.2) is 0 Å². The molecule has 1 aromatic heterocycles. The summed E-state index contributed by atoms with van der Waals surface area (Å²) >= 11 is 0. The van der Waals surface area contributed by atoms with Crippen LogP contribution in [0.3, 0.4) is 0 Å². The van der Waals surface area contributed by atoms with Gasteiger partial charge in [0.25, 0.3) is 0 Å². The average Bonchev–Trinajstić information content (AvgIpc) is 2.67. The Morgan fingerprint density at radius 1 is 1.33 bits per heavy atom. The zero-order valence-corrected chi connectivity index (χ0v) is 12.0. The Morgan fingerprint density at radius 2 is 2.00 bits per heavy atom. The minimum atomic E-state index is 0.349. The minimum Gasteiger partial charge on any atom is -0.466 e. The van der Waals surface area contributed by atoms with Gasteiger partial charge in [-0.1, -0.05) is 6.92 Å². The van der Waals surface area contributed by atoms with E-state index in [2.05, 4.69) is 25.2 Å². The van der Waals surface area contributed by atoms with Gasteiger partial charge in [0.2, 0.25) is 0 Å². The molecular weight excluding hydrogens is 226 g/mol. The predicted octanol–water partition coefficient (Wildman–Crippen LogP) is 3.36. The average molecular weight is 251 g/mol. The Morgan fingerprint density at radius 3 is 2.56 bits per heavy atom. The smallest absolute Gasteiger partial charge is 0.105 e. The van der Waals surface area contributed by atoms with Crippen molar-refractivity contribution in [3.05, 3.63) is 23.2 Å². The first kappa shape index (κ1) is 13.6. The molecule has 1 aliphatic heterocycles. The van der Waals surface area contributed by atoms with Crippen LogP contribution in [0.25, 0.3) is 0 Å². The van der Waals surface area contributed by atoms with Gasteiger partial charge in [-0.3, -0.25) is 0 Å². The Labute approximate surface area is 110 Å². The molecule has 1 aliphatic rings. The number of hydrogen-bond donors (Lipinski definition) is 1. The van der Waals surface area contributed by atoms with E-state index in [9.17, 15) is 0 Å². The van der Waals surface area contributed by atoms with Crippen molar-refractivity contribution in [1.82, 2.24) is 5.32 Å². The van der Waals surface area contributed by atoms with Crippen LogP contribution in [0.1, 0.15) is 49.8 Å². The van der Waals surface area contributed by atoms with Crippen LogP contribution in [0.4, 0.5) is 0 Å². The highest BCUT2D eigenvalue weighted by atomic mass is 16.5. The van der Waals surface area contributed by atoms with Crippen LogP contribution in [0.5, 0.6) is 0 Å². The van der Waals surface area contributed by atoms with Crippen molar-refractivity contribution in [1.29, 1.82) is 0 Å². The molecule has 0 aliphatic carbocycles. The molecule has 3 heteroatoms. The third-order valence-electron chi connectivity index (χ3n) is 4.08. The van der Waals surface area contributed by atoms with E-state index in [1.54, 1.807) is 0 Å². The van der Waals surface area contributed by atoms with Crippen LogP contribution in [-0.2, 0) is 4.74 Å². The fourth-order valence-electron chi connectivity index (χ4n) is 2.63. The normalized spacial score (nSPS) is 20.9. The number of hydrogen-bond acceptors (Lipinski definition) is 3. The number of furan rings is 1. The molecule has 1 N–H and O–H groups in total. The van der Waals surface area contributed by atoms with Crippen LogP contribution < -0.4 is 5.32 Å². The molecule has 102 valence electrons. The fourth-order valence-corrected chi connectivity index (χ4v) is 2.63. The lowest BCUT2D eigenvalue weighted by atomic mass is 9.82. The molecule has 0 amide bonds. The highest BCUT2D eigenvalue weighted by Gasteiger charge is 2.27. The van der Waals surface area contributed by atoms with E-state index in [-0.39, 0.29) is 0 Å². The monoisotopic (exact) mass is 251 g/mol. The van der Waals surface area contributed by atoms with Gasteiger partial charge in [-0.05, 0) is 45.1 Å². The number of nitrogens with one attached hydrogen (secondary N) is 1. The molecular formula is C15H25NO2. The predicted molar refractivity (Wildman–Crippen MR) is 72.8 cm³/mol. The van der Waals surface area contributed by atoms with Crippen molar-refractivity contribution in [2.24, 2.45) is 5.41 Å². The van der Waals surface area contributed by atoms with Gasteiger partial charge in [-0.2, -0.15) is 0 Å². The summed E-state index contributed by atoms with van der Waals surface area (Å²) in [5, 5.41) is 3.65. The Hall–Kier alpha value is -0.800. The number of rotatable bonds is 4. The molecule has 2 heterocycles. The summed E-state index contributed by atoms with van der Waals surface area (Å²) in [6.45, 7) is 11.4. The lowest BCUT2D eigenvalue weighted by Crippen LogP contribution is -2.37. The molecule has 2 rings (SSSR count). The second-order valence-corrected chi connectivity index (χ2v) is 5.89. The second-order valence-electron chi connectivity index (χ2n) is 5.89. The first-order chi connectivity index (χ1) is 8.50. The summed E-state index contributed by atoms with van der Waals surface area (Å²) < 4.78 is 11.0. The van der Waals surface area contributed by atoms with Crippen LogP contribution in [0, 0.1) is 19.3 Å². The third-order valence-corrected chi connectivity index (χ3v) is 4.08. The van der Waals surface area contributed by atoms with Crippen molar-refractivity contribution in [2.75, 3.05) is 19.8 Å². The molecule has 1 unspecified atom stereocenters. The first-order valence-electron chi connectivity index (χ1n) is 6.88. The Bertz CT molecular complexity index is 391. The maximum absolute atomic E-state index is 5.59. The molecule has 0 radical (unpaired) electrons. The highest BCUT2D eigenvalue weighted by Crippen LogP contribution is 2.30. The molecule has 1 aromatic rings. The second kappa shape index (κ2) is 5.45. The quantitative estimate of drug-likeness (QED) is 0.891. The summed E-state index contributed by atoms with van der Waals surface area (Å²) in [5.41, 5.74) is 1.65. The summed E-state index contributed by atoms with van der Waals surface area (Å²) in [6, 6.07) is 2.49. The van der Waals surface area contributed by atoms with Crippen LogP contribution in [-0.4, -0.2) is 19.8 Å². The van der Waals surface area contributed by atoms with Crippen LogP contribution in [0.15, 0.2) is 10.5 Å². The maximum Gasteiger partial charge on any atom is 0.105 e. The van der Waals surface area contributed by atoms with Gasteiger partial charge < -0.3 is 14.5 Å². The van der Waals surface area contributed by atoms with Gasteiger partial charge >= 0.3 is 0 Å². The van der Waals surface area contributed by atoms with Gasteiger partial charge in [0.15, 0.2) is 0 Å². The van der Waals surface area contributed by atoms with Gasteiger partial charge in [-0.15, -0.1) is 0 Å². The van der Waals surface area contributed by atoms with E-state index < -0.39 is 0 Å². The largest absolute Gasteiger partial charge is 0.466 e. The Kier molecular flexibility index (Phi) is 4.13. The lowest BCUT2D eigenvalue weighted by Gasteiger charge is -2.34. The summed E-state index contributed by atoms with van der Waals surface area (Å²) in [4.78, 5) is 0. The van der Waals surface area contributed by atoms with Crippen molar-refractivity contribution in [3.8, 4) is 0 Å². The van der Waals surface area contributed by atoms with Crippen molar-refractivity contribution in [2.45, 2.75) is 46.6 Å². The molecule has 1 saturated heterocycles. The first-order valence-corrected chi connectivity index (χ1v) is 6.88. The van der Waals surface area contributed by atoms with Crippen molar-refractivity contribution < 1.29 is 9.15 Å². The van der Waals surface area contributed by atoms with E-state index in [1.165, 1.54) is 5.56 Å². The summed E-state index contributed by atoms with van der Waals surface area (Å²) in [6.07, 6.45) is 2.30. The summed E-state index contributed by atoms with van der Waals surface area (Å²) in [7, 11) is 0. The van der Waals surface area contributed by atoms with E-state index in [4.69, 9.17) is 9.15 Å². The van der Waals surface area contributed by atoms with Crippen LogP contribution >= 0.6 is 0 Å². The van der Waals surface area contributed by atoms with Gasteiger partial charge in [0, 0.05) is 31.4 Å². The van der Waals surface area contributed by atoms with E-state index in [0.29, 0.717) is 11.5 Å². The topological polar surface area (TPSA) is 34.4 Å². The molecule has 1 fully saturated rings. The van der Waals surface area contributed by atoms with Crippen LogP contribution in [0.2, 0.25) is 0 Å². The molecule has 0 spiro atoms. The number of ether oxygens (including phenoxy) is 1. The van der Waals surface area contributed by atoms with E-state index >= 15 is 0 Å². The molecule has 18 heavy (non-hydrogen) atoms. The maximum atomic E-state index is 5.59. The van der Waals surface area contributed by atoms with Crippen molar-refractivity contribution in [3.63, 3.8) is 0 Å². The zero-order valence-electron chi connectivity index (χ0n) is 12.0. The highest BCUT2D eigenvalue weighted by molar-refractivity contribution is 5.23. The molecule has 3 nitrogen and oxygen atoms in total. The van der Waals surface area contributed by atoms with Gasteiger partial charge in [0.05, 0.1) is 0 Å². The molecule has 0 aromatic carbocycles. The fraction of sp³-hybridized carbons (Fsp3) is 0.733. The minimum absolute atomic E-state index is 0.349. The summed E-state index contributed by atoms with van der Waals surface area (Å²) in [5.74, 6) is 2.03. The zero-order chi connectivity index (χ0) is 13.2. The number of aryl methyl sites for hydroxylation is 2. The van der Waals surface area contributed by atoms with Crippen molar-refractivity contribution >= 4 is 0 Å². The SMILES string of the molecule is Cc1cc(C(C)NCC2(C)CCOCC2)c(C)o1. The van der Waals surface area contributed by atoms with Gasteiger partial charge in [0.1, 0.15) is 11.5 Å². The molecule has 1 atom stereocenters. The third kappa shape index (κ3) is 3.15. The Balaban J connectivity index is 1.91. The van der Waals surface area contributed by atoms with E-state index in [0.717, 1.165) is 44.1 Å².